The Morgan fingerprint density at radius 1 is 1.46 bits per heavy atom. The molecule has 1 spiro atoms. The van der Waals surface area contributed by atoms with E-state index >= 15 is 0 Å². The maximum Gasteiger partial charge on any atom is 0.320 e. The molecule has 24 heavy (non-hydrogen) atoms. The van der Waals surface area contributed by atoms with Crippen LogP contribution in [-0.2, 0) is 11.3 Å². The maximum absolute atomic E-state index is 12.3. The van der Waals surface area contributed by atoms with Gasteiger partial charge in [-0.15, -0.1) is 0 Å². The third-order valence-electron chi connectivity index (χ3n) is 5.78. The topological polar surface area (TPSA) is 68.2 Å². The van der Waals surface area contributed by atoms with Gasteiger partial charge in [0.05, 0.1) is 6.10 Å². The molecule has 2 aliphatic carbocycles. The van der Waals surface area contributed by atoms with Crippen LogP contribution in [0.4, 0.5) is 19.4 Å². The minimum absolute atomic E-state index is 0.0908. The summed E-state index contributed by atoms with van der Waals surface area (Å²) in [6.07, 6.45) is 4.81. The fourth-order valence-corrected chi connectivity index (χ4v) is 4.87. The minimum atomic E-state index is -2.47. The van der Waals surface area contributed by atoms with E-state index in [0.717, 1.165) is 30.6 Å². The first-order valence-electron chi connectivity index (χ1n) is 8.59. The van der Waals surface area contributed by atoms with E-state index in [9.17, 15) is 13.6 Å². The Hall–Kier alpha value is -1.70. The van der Waals surface area contributed by atoms with Crippen molar-refractivity contribution in [3.05, 3.63) is 12.3 Å². The van der Waals surface area contributed by atoms with Crippen LogP contribution < -0.4 is 10.6 Å². The predicted octanol–water partition coefficient (Wildman–Crippen LogP) is 2.62. The van der Waals surface area contributed by atoms with Crippen LogP contribution in [0.1, 0.15) is 32.1 Å². The number of amides is 2. The number of hydrogen-bond acceptors (Lipinski definition) is 3. The van der Waals surface area contributed by atoms with Gasteiger partial charge in [-0.2, -0.15) is 5.10 Å². The first-order chi connectivity index (χ1) is 11.6. The monoisotopic (exact) mass is 340 g/mol. The minimum Gasteiger partial charge on any atom is -0.377 e. The summed E-state index contributed by atoms with van der Waals surface area (Å²) in [5.74, 6) is 0.678. The van der Waals surface area contributed by atoms with Gasteiger partial charge in [-0.25, -0.2) is 13.6 Å². The van der Waals surface area contributed by atoms with Crippen LogP contribution in [0.25, 0.3) is 0 Å². The molecule has 4 rings (SSSR count). The summed E-state index contributed by atoms with van der Waals surface area (Å²) in [7, 11) is 0. The van der Waals surface area contributed by atoms with E-state index in [1.165, 1.54) is 25.1 Å². The van der Waals surface area contributed by atoms with Crippen molar-refractivity contribution in [2.75, 3.05) is 11.9 Å². The van der Waals surface area contributed by atoms with Crippen LogP contribution in [0, 0.1) is 11.3 Å². The number of fused-ring (bicyclic) bond motifs is 2. The second-order valence-corrected chi connectivity index (χ2v) is 7.07. The number of ether oxygens (including phenoxy) is 1. The zero-order valence-corrected chi connectivity index (χ0v) is 13.4. The van der Waals surface area contributed by atoms with Crippen LogP contribution in [0.15, 0.2) is 12.3 Å². The molecule has 0 unspecified atom stereocenters. The van der Waals surface area contributed by atoms with Gasteiger partial charge in [0.1, 0.15) is 6.54 Å². The number of alkyl halides is 2. The molecule has 2 heterocycles. The molecule has 2 N–H and O–H groups in total. The third kappa shape index (κ3) is 2.56. The molecule has 6 nitrogen and oxygen atoms in total. The Balaban J connectivity index is 1.38. The summed E-state index contributed by atoms with van der Waals surface area (Å²) in [5.41, 5.74) is 0.0908. The van der Waals surface area contributed by atoms with Gasteiger partial charge < -0.3 is 10.1 Å². The first-order valence-corrected chi connectivity index (χ1v) is 8.59. The van der Waals surface area contributed by atoms with Crippen molar-refractivity contribution in [3.63, 3.8) is 0 Å². The second-order valence-electron chi connectivity index (χ2n) is 7.07. The summed E-state index contributed by atoms with van der Waals surface area (Å²) in [5, 5.41) is 9.68. The number of carbonyl (C=O) groups excluding carboxylic acids is 1. The van der Waals surface area contributed by atoms with Crippen molar-refractivity contribution in [3.8, 4) is 0 Å². The highest BCUT2D eigenvalue weighted by Gasteiger charge is 2.65. The Bertz CT molecular complexity index is 615. The molecule has 3 fully saturated rings. The molecule has 0 radical (unpaired) electrons. The van der Waals surface area contributed by atoms with Gasteiger partial charge in [0.2, 0.25) is 0 Å². The lowest BCUT2D eigenvalue weighted by Gasteiger charge is -2.56. The molecule has 1 saturated heterocycles. The van der Waals surface area contributed by atoms with Gasteiger partial charge >= 0.3 is 6.03 Å². The molecular weight excluding hydrogens is 318 g/mol. The number of anilines is 1. The fourth-order valence-electron chi connectivity index (χ4n) is 4.87. The van der Waals surface area contributed by atoms with Crippen molar-refractivity contribution in [2.24, 2.45) is 11.3 Å². The standard InChI is InChI=1S/C16H22F2N4O2/c17-11(18)9-22-7-3-12(21-22)19-15(23)20-13-10-4-8-24-14(10)16(13)5-1-2-6-16/h3,7,10-11,13-14H,1-2,4-6,8-9H2,(H2,19,20,21,23)/t10-,13-,14-/m0/s1. The maximum atomic E-state index is 12.3. The Morgan fingerprint density at radius 2 is 2.25 bits per heavy atom. The van der Waals surface area contributed by atoms with Gasteiger partial charge in [0.15, 0.2) is 5.82 Å². The van der Waals surface area contributed by atoms with Gasteiger partial charge in [-0.3, -0.25) is 10.00 Å². The van der Waals surface area contributed by atoms with Crippen molar-refractivity contribution in [1.29, 1.82) is 0 Å². The summed E-state index contributed by atoms with van der Waals surface area (Å²) in [4.78, 5) is 12.3. The van der Waals surface area contributed by atoms with E-state index in [1.807, 2.05) is 0 Å². The number of aromatic nitrogens is 2. The van der Waals surface area contributed by atoms with E-state index in [2.05, 4.69) is 15.7 Å². The number of carbonyl (C=O) groups is 1. The Morgan fingerprint density at radius 3 is 3.00 bits per heavy atom. The van der Waals surface area contributed by atoms with Gasteiger partial charge in [0.25, 0.3) is 6.43 Å². The van der Waals surface area contributed by atoms with Gasteiger partial charge in [-0.05, 0) is 19.3 Å². The van der Waals surface area contributed by atoms with E-state index < -0.39 is 13.0 Å². The molecule has 2 saturated carbocycles. The van der Waals surface area contributed by atoms with Crippen LogP contribution in [-0.4, -0.2) is 41.0 Å². The van der Waals surface area contributed by atoms with E-state index in [-0.39, 0.29) is 29.4 Å². The molecular formula is C16H22F2N4O2. The molecule has 0 bridgehead atoms. The lowest BCUT2D eigenvalue weighted by Crippen LogP contribution is -2.68. The molecule has 3 atom stereocenters. The van der Waals surface area contributed by atoms with E-state index in [4.69, 9.17) is 4.74 Å². The average Bonchev–Trinajstić information content (AvgIpc) is 3.24. The van der Waals surface area contributed by atoms with E-state index in [0.29, 0.717) is 5.92 Å². The van der Waals surface area contributed by atoms with Crippen LogP contribution in [0.5, 0.6) is 0 Å². The number of urea groups is 1. The summed E-state index contributed by atoms with van der Waals surface area (Å²) >= 11 is 0. The lowest BCUT2D eigenvalue weighted by atomic mass is 9.54. The molecule has 3 aliphatic rings. The van der Waals surface area contributed by atoms with Crippen LogP contribution in [0.2, 0.25) is 0 Å². The molecule has 1 aromatic heterocycles. The highest BCUT2D eigenvalue weighted by atomic mass is 19.3. The van der Waals surface area contributed by atoms with Crippen LogP contribution in [0.3, 0.4) is 0 Å². The van der Waals surface area contributed by atoms with E-state index in [1.54, 1.807) is 0 Å². The highest BCUT2D eigenvalue weighted by molar-refractivity contribution is 5.88. The number of nitrogens with zero attached hydrogens (tertiary/aromatic N) is 2. The zero-order valence-electron chi connectivity index (χ0n) is 13.4. The number of hydrogen-bond donors (Lipinski definition) is 2. The molecule has 0 aromatic carbocycles. The SMILES string of the molecule is O=C(Nc1ccn(CC(F)F)n1)N[C@H]1[C@@H]2CCO[C@@H]2C12CCCC2. The molecule has 1 aromatic rings. The quantitative estimate of drug-likeness (QED) is 0.885. The molecule has 132 valence electrons. The molecule has 1 aliphatic heterocycles. The average molecular weight is 340 g/mol. The van der Waals surface area contributed by atoms with Crippen molar-refractivity contribution < 1.29 is 18.3 Å². The zero-order chi connectivity index (χ0) is 16.7. The van der Waals surface area contributed by atoms with Gasteiger partial charge in [-0.1, -0.05) is 12.8 Å². The summed E-state index contributed by atoms with van der Waals surface area (Å²) in [6.45, 7) is 0.297. The van der Waals surface area contributed by atoms with Crippen molar-refractivity contribution in [2.45, 2.75) is 57.2 Å². The number of nitrogens with one attached hydrogen (secondary N) is 2. The predicted molar refractivity (Wildman–Crippen MR) is 82.9 cm³/mol. The highest BCUT2D eigenvalue weighted by Crippen LogP contribution is 2.60. The second kappa shape index (κ2) is 5.98. The summed E-state index contributed by atoms with van der Waals surface area (Å²) in [6, 6.07) is 1.34. The van der Waals surface area contributed by atoms with Crippen molar-refractivity contribution in [1.82, 2.24) is 15.1 Å². The smallest absolute Gasteiger partial charge is 0.320 e. The Kier molecular flexibility index (Phi) is 3.94. The fraction of sp³-hybridized carbons (Fsp3) is 0.750. The first kappa shape index (κ1) is 15.8. The third-order valence-corrected chi connectivity index (χ3v) is 5.78. The van der Waals surface area contributed by atoms with Crippen LogP contribution >= 0.6 is 0 Å². The van der Waals surface area contributed by atoms with Crippen molar-refractivity contribution >= 4 is 11.8 Å². The van der Waals surface area contributed by atoms with Gasteiger partial charge in [0, 0.05) is 36.2 Å². The molecule has 8 heteroatoms. The largest absolute Gasteiger partial charge is 0.377 e. The normalized spacial score (nSPS) is 30.4. The Labute approximate surface area is 138 Å². The lowest BCUT2D eigenvalue weighted by molar-refractivity contribution is -0.125. The number of halogens is 2. The molecule has 2 amide bonds. The number of rotatable bonds is 4. The summed E-state index contributed by atoms with van der Waals surface area (Å²) < 4.78 is 31.7.